The molecule has 2 rings (SSSR count). The van der Waals surface area contributed by atoms with Crippen molar-refractivity contribution in [1.82, 2.24) is 0 Å². The van der Waals surface area contributed by atoms with Gasteiger partial charge in [-0.15, -0.1) is 0 Å². The summed E-state index contributed by atoms with van der Waals surface area (Å²) >= 11 is 0. The summed E-state index contributed by atoms with van der Waals surface area (Å²) in [6.07, 6.45) is 3.14. The molecule has 18 heavy (non-hydrogen) atoms. The van der Waals surface area contributed by atoms with Crippen molar-refractivity contribution in [2.45, 2.75) is 66.8 Å². The Labute approximate surface area is 113 Å². The first-order valence-electron chi connectivity index (χ1n) is 7.42. The number of rotatable bonds is 0. The van der Waals surface area contributed by atoms with Crippen molar-refractivity contribution in [3.8, 4) is 0 Å². The minimum absolute atomic E-state index is 0.0196. The maximum absolute atomic E-state index is 5.39. The van der Waals surface area contributed by atoms with Crippen LogP contribution in [0, 0.1) is 11.8 Å². The minimum Gasteiger partial charge on any atom is -0.378 e. The Balaban J connectivity index is 0.000000283. The topological polar surface area (TPSA) is 27.7 Å². The molecule has 110 valence electrons. The van der Waals surface area contributed by atoms with Crippen LogP contribution in [-0.4, -0.2) is 32.2 Å². The third-order valence-electron chi connectivity index (χ3n) is 2.96. The van der Waals surface area contributed by atoms with E-state index in [1.807, 2.05) is 20.8 Å². The van der Waals surface area contributed by atoms with Gasteiger partial charge in [0.2, 0.25) is 0 Å². The van der Waals surface area contributed by atoms with Crippen LogP contribution in [0.3, 0.4) is 0 Å². The third-order valence-corrected chi connectivity index (χ3v) is 2.96. The van der Waals surface area contributed by atoms with Crippen molar-refractivity contribution in [2.75, 3.05) is 19.8 Å². The first-order valence-corrected chi connectivity index (χ1v) is 7.42. The molecule has 2 fully saturated rings. The van der Waals surface area contributed by atoms with Crippen LogP contribution in [0.15, 0.2) is 0 Å². The summed E-state index contributed by atoms with van der Waals surface area (Å²) in [6, 6.07) is 0. The van der Waals surface area contributed by atoms with Crippen molar-refractivity contribution in [1.29, 1.82) is 0 Å². The van der Waals surface area contributed by atoms with Crippen molar-refractivity contribution < 1.29 is 14.2 Å². The van der Waals surface area contributed by atoms with Crippen LogP contribution in [0.1, 0.15) is 54.4 Å². The second-order valence-electron chi connectivity index (χ2n) is 5.17. The van der Waals surface area contributed by atoms with Crippen LogP contribution >= 0.6 is 0 Å². The molecule has 0 aromatic carbocycles. The van der Waals surface area contributed by atoms with E-state index in [2.05, 4.69) is 20.8 Å². The molecule has 2 unspecified atom stereocenters. The van der Waals surface area contributed by atoms with Crippen LogP contribution in [0.4, 0.5) is 0 Å². The van der Waals surface area contributed by atoms with Gasteiger partial charge in [-0.1, -0.05) is 27.7 Å². The van der Waals surface area contributed by atoms with Crippen LogP contribution < -0.4 is 0 Å². The fourth-order valence-electron chi connectivity index (χ4n) is 1.71. The van der Waals surface area contributed by atoms with Gasteiger partial charge in [-0.3, -0.25) is 0 Å². The smallest absolute Gasteiger partial charge is 0.154 e. The molecular weight excluding hydrogens is 228 g/mol. The summed E-state index contributed by atoms with van der Waals surface area (Å²) in [7, 11) is 0. The SMILES string of the molecule is CC.CC1CCC(C)OC1.CC1COC(C)OC1. The van der Waals surface area contributed by atoms with E-state index in [0.29, 0.717) is 12.0 Å². The van der Waals surface area contributed by atoms with Gasteiger partial charge in [-0.25, -0.2) is 0 Å². The van der Waals surface area contributed by atoms with Crippen molar-refractivity contribution in [3.05, 3.63) is 0 Å². The second kappa shape index (κ2) is 10.8. The van der Waals surface area contributed by atoms with Gasteiger partial charge in [-0.05, 0) is 32.6 Å². The average Bonchev–Trinajstić information content (AvgIpc) is 2.40. The first kappa shape index (κ1) is 17.9. The maximum Gasteiger partial charge on any atom is 0.154 e. The fourth-order valence-corrected chi connectivity index (χ4v) is 1.71. The lowest BCUT2D eigenvalue weighted by Gasteiger charge is -2.24. The van der Waals surface area contributed by atoms with E-state index in [-0.39, 0.29) is 6.29 Å². The molecule has 0 aromatic heterocycles. The van der Waals surface area contributed by atoms with E-state index in [4.69, 9.17) is 14.2 Å². The molecule has 0 bridgehead atoms. The zero-order valence-electron chi connectivity index (χ0n) is 13.1. The van der Waals surface area contributed by atoms with E-state index in [0.717, 1.165) is 25.7 Å². The number of hydrogen-bond acceptors (Lipinski definition) is 3. The lowest BCUT2D eigenvalue weighted by Crippen LogP contribution is -2.27. The van der Waals surface area contributed by atoms with Gasteiger partial charge < -0.3 is 14.2 Å². The summed E-state index contributed by atoms with van der Waals surface area (Å²) in [5, 5.41) is 0. The van der Waals surface area contributed by atoms with Gasteiger partial charge in [0, 0.05) is 12.5 Å². The molecule has 2 atom stereocenters. The summed E-state index contributed by atoms with van der Waals surface area (Å²) < 4.78 is 15.7. The summed E-state index contributed by atoms with van der Waals surface area (Å²) in [5.41, 5.74) is 0. The maximum atomic E-state index is 5.39. The molecule has 0 aromatic rings. The molecule has 0 spiro atoms. The van der Waals surface area contributed by atoms with Gasteiger partial charge in [-0.2, -0.15) is 0 Å². The highest BCUT2D eigenvalue weighted by Gasteiger charge is 2.14. The Morgan fingerprint density at radius 3 is 1.50 bits per heavy atom. The molecule has 2 saturated heterocycles. The van der Waals surface area contributed by atoms with Gasteiger partial charge in [0.05, 0.1) is 19.3 Å². The van der Waals surface area contributed by atoms with Crippen LogP contribution in [0.5, 0.6) is 0 Å². The Bertz CT molecular complexity index is 129. The zero-order valence-corrected chi connectivity index (χ0v) is 13.1. The summed E-state index contributed by atoms with van der Waals surface area (Å²) in [4.78, 5) is 0. The van der Waals surface area contributed by atoms with Gasteiger partial charge in [0.15, 0.2) is 6.29 Å². The second-order valence-corrected chi connectivity index (χ2v) is 5.17. The predicted octanol–water partition coefficient (Wildman–Crippen LogP) is 3.86. The van der Waals surface area contributed by atoms with E-state index in [1.54, 1.807) is 0 Å². The lowest BCUT2D eigenvalue weighted by atomic mass is 10.0. The van der Waals surface area contributed by atoms with Gasteiger partial charge in [0.1, 0.15) is 0 Å². The predicted molar refractivity (Wildman–Crippen MR) is 75.7 cm³/mol. The van der Waals surface area contributed by atoms with Crippen molar-refractivity contribution >= 4 is 0 Å². The summed E-state index contributed by atoms with van der Waals surface area (Å²) in [6.45, 7) is 15.1. The number of hydrogen-bond donors (Lipinski definition) is 0. The van der Waals surface area contributed by atoms with Gasteiger partial charge in [0.25, 0.3) is 0 Å². The first-order chi connectivity index (χ1) is 8.58. The van der Waals surface area contributed by atoms with Crippen LogP contribution in [0.2, 0.25) is 0 Å². The summed E-state index contributed by atoms with van der Waals surface area (Å²) in [5.74, 6) is 1.37. The highest BCUT2D eigenvalue weighted by molar-refractivity contribution is 4.62. The Morgan fingerprint density at radius 2 is 1.17 bits per heavy atom. The zero-order chi connectivity index (χ0) is 14.0. The molecule has 2 aliphatic rings. The monoisotopic (exact) mass is 260 g/mol. The largest absolute Gasteiger partial charge is 0.378 e. The fraction of sp³-hybridized carbons (Fsp3) is 1.00. The quantitative estimate of drug-likeness (QED) is 0.662. The average molecular weight is 260 g/mol. The Hall–Kier alpha value is -0.120. The molecule has 0 radical (unpaired) electrons. The van der Waals surface area contributed by atoms with Crippen molar-refractivity contribution in [2.24, 2.45) is 11.8 Å². The minimum atomic E-state index is 0.0196. The van der Waals surface area contributed by atoms with E-state index in [1.165, 1.54) is 12.8 Å². The molecule has 0 amide bonds. The molecule has 3 nitrogen and oxygen atoms in total. The third kappa shape index (κ3) is 8.90. The Morgan fingerprint density at radius 1 is 0.667 bits per heavy atom. The molecule has 0 saturated carbocycles. The highest BCUT2D eigenvalue weighted by atomic mass is 16.7. The number of ether oxygens (including phenoxy) is 3. The highest BCUT2D eigenvalue weighted by Crippen LogP contribution is 2.16. The van der Waals surface area contributed by atoms with E-state index < -0.39 is 0 Å². The normalized spacial score (nSPS) is 35.7. The van der Waals surface area contributed by atoms with Gasteiger partial charge >= 0.3 is 0 Å². The molecule has 2 aliphatic heterocycles. The molecule has 2 heterocycles. The molecular formula is C15H32O3. The Kier molecular flexibility index (Phi) is 10.7. The molecule has 3 heteroatoms. The van der Waals surface area contributed by atoms with Crippen LogP contribution in [0.25, 0.3) is 0 Å². The standard InChI is InChI=1S/C7H14O.C6H12O2.C2H6/c1-6-3-4-7(2)8-5-6;1-5-3-7-6(2)8-4-5;1-2/h6-7H,3-5H2,1-2H3;5-6H,3-4H2,1-2H3;1-2H3. The molecule has 0 aliphatic carbocycles. The van der Waals surface area contributed by atoms with Crippen LogP contribution in [-0.2, 0) is 14.2 Å². The van der Waals surface area contributed by atoms with E-state index >= 15 is 0 Å². The van der Waals surface area contributed by atoms with E-state index in [9.17, 15) is 0 Å². The molecule has 0 N–H and O–H groups in total. The van der Waals surface area contributed by atoms with Crippen molar-refractivity contribution in [3.63, 3.8) is 0 Å². The lowest BCUT2D eigenvalue weighted by molar-refractivity contribution is -0.187.